The summed E-state index contributed by atoms with van der Waals surface area (Å²) in [6.45, 7) is 2.47. The maximum Gasteiger partial charge on any atom is 0.326 e. The maximum absolute atomic E-state index is 13.6. The first kappa shape index (κ1) is 51.9. The van der Waals surface area contributed by atoms with Gasteiger partial charge in [-0.1, -0.05) is 13.8 Å². The highest BCUT2D eigenvalue weighted by molar-refractivity contribution is 7.98. The molecule has 0 fully saturated rings. The van der Waals surface area contributed by atoms with Gasteiger partial charge < -0.3 is 68.9 Å². The zero-order valence-corrected chi connectivity index (χ0v) is 32.8. The molecule has 0 aliphatic carbocycles. The number of carbonyl (C=O) groups is 10. The Morgan fingerprint density at radius 2 is 0.982 bits per heavy atom. The molecule has 0 saturated carbocycles. The second kappa shape index (κ2) is 27.5. The van der Waals surface area contributed by atoms with E-state index in [-0.39, 0.29) is 19.4 Å². The van der Waals surface area contributed by atoms with Gasteiger partial charge in [-0.05, 0) is 63.0 Å². The standard InChI is InChI=1S/C33H56N8O15S/c1-16(2)26(32(54)40-22(33(55)56)14-25(47)48)41-31(53)20(8-10-24(45)46)38-29(51)19(7-9-23(43)44)37-30(52)21(11-13-57-3)39-28(50)18(6-4-5-12-34)36-27(49)17(35)15-42/h16-22,26,42H,4-15,34-35H2,1-3H3,(H,36,49)(H,37,52)(H,38,51)(H,39,50)(H,40,54)(H,41,53)(H,43,44)(H,45,46)(H,47,48)(H,55,56)/t17-,18-,19-,20-,21-,22-,26-/m0/s1. The predicted molar refractivity (Wildman–Crippen MR) is 201 cm³/mol. The monoisotopic (exact) mass is 836 g/mol. The molecule has 0 unspecified atom stereocenters. The Balaban J connectivity index is 6.43. The number of aliphatic hydroxyl groups excluding tert-OH is 1. The van der Waals surface area contributed by atoms with Crippen LogP contribution in [0.5, 0.6) is 0 Å². The number of amides is 6. The SMILES string of the molecule is CSCC[C@H](NC(=O)[C@H](CCCCN)NC(=O)[C@@H](N)CO)C(=O)N[C@@H](CCC(=O)O)C(=O)N[C@@H](CCC(=O)O)C(=O)N[C@H](C(=O)N[C@@H](CC(=O)O)C(=O)O)C(C)C. The van der Waals surface area contributed by atoms with E-state index in [1.165, 1.54) is 25.6 Å². The first-order chi connectivity index (χ1) is 26.7. The highest BCUT2D eigenvalue weighted by Crippen LogP contribution is 2.10. The number of carboxylic acid groups (broad SMARTS) is 4. The molecule has 23 nitrogen and oxygen atoms in total. The van der Waals surface area contributed by atoms with Gasteiger partial charge in [0.25, 0.3) is 0 Å². The molecule has 57 heavy (non-hydrogen) atoms. The van der Waals surface area contributed by atoms with Crippen LogP contribution in [0.3, 0.4) is 0 Å². The van der Waals surface area contributed by atoms with Crippen LogP contribution < -0.4 is 43.4 Å². The number of nitrogens with two attached hydrogens (primary N) is 2. The number of rotatable bonds is 30. The molecule has 0 radical (unpaired) electrons. The van der Waals surface area contributed by atoms with Gasteiger partial charge in [0.1, 0.15) is 42.3 Å². The van der Waals surface area contributed by atoms with Crippen molar-refractivity contribution in [2.24, 2.45) is 17.4 Å². The van der Waals surface area contributed by atoms with Gasteiger partial charge >= 0.3 is 23.9 Å². The average Bonchev–Trinajstić information content (AvgIpc) is 3.13. The molecule has 24 heteroatoms. The summed E-state index contributed by atoms with van der Waals surface area (Å²) in [6, 6.07) is -10.7. The van der Waals surface area contributed by atoms with Crippen LogP contribution in [0.4, 0.5) is 0 Å². The van der Waals surface area contributed by atoms with Crippen LogP contribution in [0.2, 0.25) is 0 Å². The summed E-state index contributed by atoms with van der Waals surface area (Å²) in [5.41, 5.74) is 11.1. The third kappa shape index (κ3) is 21.1. The lowest BCUT2D eigenvalue weighted by molar-refractivity contribution is -0.147. The highest BCUT2D eigenvalue weighted by Gasteiger charge is 2.35. The van der Waals surface area contributed by atoms with Crippen molar-refractivity contribution in [3.8, 4) is 0 Å². The van der Waals surface area contributed by atoms with E-state index < -0.39 is 146 Å². The maximum atomic E-state index is 13.6. The van der Waals surface area contributed by atoms with Gasteiger partial charge in [-0.2, -0.15) is 11.8 Å². The molecule has 0 aromatic heterocycles. The van der Waals surface area contributed by atoms with E-state index in [0.29, 0.717) is 18.6 Å². The molecular weight excluding hydrogens is 780 g/mol. The minimum Gasteiger partial charge on any atom is -0.481 e. The first-order valence-electron chi connectivity index (χ1n) is 17.9. The second-order valence-corrected chi connectivity index (χ2v) is 14.2. The summed E-state index contributed by atoms with van der Waals surface area (Å²) in [6.07, 6.45) is -0.835. The number of aliphatic carboxylic acids is 4. The summed E-state index contributed by atoms with van der Waals surface area (Å²) < 4.78 is 0. The summed E-state index contributed by atoms with van der Waals surface area (Å²) in [5.74, 6) is -12.4. The molecule has 0 bridgehead atoms. The van der Waals surface area contributed by atoms with Crippen molar-refractivity contribution in [1.29, 1.82) is 0 Å². The van der Waals surface area contributed by atoms with Gasteiger partial charge in [-0.3, -0.25) is 43.2 Å². The first-order valence-corrected chi connectivity index (χ1v) is 19.3. The lowest BCUT2D eigenvalue weighted by Crippen LogP contribution is -2.60. The molecule has 7 atom stereocenters. The summed E-state index contributed by atoms with van der Waals surface area (Å²) in [5, 5.41) is 60.2. The van der Waals surface area contributed by atoms with E-state index in [4.69, 9.17) is 16.6 Å². The quantitative estimate of drug-likeness (QED) is 0.0307. The zero-order chi connectivity index (χ0) is 43.8. The van der Waals surface area contributed by atoms with Crippen molar-refractivity contribution in [2.45, 2.75) is 114 Å². The molecule has 15 N–H and O–H groups in total. The second-order valence-electron chi connectivity index (χ2n) is 13.2. The minimum absolute atomic E-state index is 0.0108. The fourth-order valence-electron chi connectivity index (χ4n) is 4.94. The van der Waals surface area contributed by atoms with E-state index in [2.05, 4.69) is 26.6 Å². The van der Waals surface area contributed by atoms with E-state index in [1.54, 1.807) is 6.26 Å². The van der Waals surface area contributed by atoms with Crippen LogP contribution >= 0.6 is 11.8 Å². The minimum atomic E-state index is -1.87. The predicted octanol–water partition coefficient (Wildman–Crippen LogP) is -3.96. The molecule has 324 valence electrons. The summed E-state index contributed by atoms with van der Waals surface area (Å²) >= 11 is 1.30. The molecule has 0 aromatic carbocycles. The highest BCUT2D eigenvalue weighted by atomic mass is 32.2. The normalized spacial score (nSPS) is 14.6. The number of aliphatic hydroxyl groups is 1. The number of nitrogens with one attached hydrogen (secondary N) is 6. The third-order valence-corrected chi connectivity index (χ3v) is 8.80. The molecule has 0 spiro atoms. The Labute approximate surface area is 332 Å². The Kier molecular flexibility index (Phi) is 25.1. The Morgan fingerprint density at radius 1 is 0.561 bits per heavy atom. The molecular formula is C33H56N8O15S. The Morgan fingerprint density at radius 3 is 1.37 bits per heavy atom. The van der Waals surface area contributed by atoms with E-state index in [9.17, 15) is 68.4 Å². The van der Waals surface area contributed by atoms with Gasteiger partial charge in [0.2, 0.25) is 35.4 Å². The number of hydrogen-bond acceptors (Lipinski definition) is 14. The molecule has 0 heterocycles. The molecule has 0 saturated heterocycles. The molecule has 6 amide bonds. The van der Waals surface area contributed by atoms with Crippen molar-refractivity contribution in [3.63, 3.8) is 0 Å². The van der Waals surface area contributed by atoms with Crippen molar-refractivity contribution in [1.82, 2.24) is 31.9 Å². The van der Waals surface area contributed by atoms with Crippen molar-refractivity contribution in [2.75, 3.05) is 25.2 Å². The molecule has 0 aliphatic rings. The fourth-order valence-corrected chi connectivity index (χ4v) is 5.41. The fraction of sp³-hybridized carbons (Fsp3) is 0.697. The average molecular weight is 837 g/mol. The number of hydrogen-bond donors (Lipinski definition) is 13. The van der Waals surface area contributed by atoms with Crippen molar-refractivity contribution in [3.05, 3.63) is 0 Å². The van der Waals surface area contributed by atoms with Crippen LogP contribution in [0.15, 0.2) is 0 Å². The van der Waals surface area contributed by atoms with Gasteiger partial charge in [-0.25, -0.2) is 4.79 Å². The van der Waals surface area contributed by atoms with Crippen LogP contribution in [0.25, 0.3) is 0 Å². The van der Waals surface area contributed by atoms with Crippen LogP contribution in [0.1, 0.15) is 71.6 Å². The molecule has 0 aromatic rings. The van der Waals surface area contributed by atoms with Crippen LogP contribution in [-0.4, -0.2) is 152 Å². The topological polar surface area (TPSA) is 396 Å². The van der Waals surface area contributed by atoms with Gasteiger partial charge in [0, 0.05) is 12.8 Å². The number of unbranched alkanes of at least 4 members (excludes halogenated alkanes) is 1. The largest absolute Gasteiger partial charge is 0.481 e. The van der Waals surface area contributed by atoms with Gasteiger partial charge in [0.05, 0.1) is 13.0 Å². The number of thioether (sulfide) groups is 1. The van der Waals surface area contributed by atoms with E-state index in [0.717, 1.165) is 0 Å². The Bertz CT molecular complexity index is 1420. The summed E-state index contributed by atoms with van der Waals surface area (Å²) in [4.78, 5) is 125. The smallest absolute Gasteiger partial charge is 0.326 e. The van der Waals surface area contributed by atoms with Crippen LogP contribution in [-0.2, 0) is 47.9 Å². The Hall–Kier alpha value is -5.07. The molecule has 0 aliphatic heterocycles. The van der Waals surface area contributed by atoms with E-state index >= 15 is 0 Å². The van der Waals surface area contributed by atoms with Crippen molar-refractivity contribution >= 4 is 71.1 Å². The lowest BCUT2D eigenvalue weighted by Gasteiger charge is -2.28. The van der Waals surface area contributed by atoms with Gasteiger partial charge in [0.15, 0.2) is 0 Å². The van der Waals surface area contributed by atoms with E-state index in [1.807, 2.05) is 5.32 Å². The third-order valence-electron chi connectivity index (χ3n) is 8.16. The lowest BCUT2D eigenvalue weighted by atomic mass is 10.0. The summed E-state index contributed by atoms with van der Waals surface area (Å²) in [7, 11) is 0. The number of carboxylic acids is 4. The van der Waals surface area contributed by atoms with Crippen LogP contribution in [0, 0.1) is 5.92 Å². The zero-order valence-electron chi connectivity index (χ0n) is 32.0. The molecule has 0 rings (SSSR count). The van der Waals surface area contributed by atoms with Crippen molar-refractivity contribution < 1.29 is 73.5 Å². The van der Waals surface area contributed by atoms with Gasteiger partial charge in [-0.15, -0.1) is 0 Å². The number of carbonyl (C=O) groups excluding carboxylic acids is 6.